The van der Waals surface area contributed by atoms with E-state index in [0.717, 1.165) is 49.7 Å². The van der Waals surface area contributed by atoms with Crippen LogP contribution < -0.4 is 10.6 Å². The van der Waals surface area contributed by atoms with Crippen molar-refractivity contribution in [3.05, 3.63) is 29.8 Å². The number of hydrogen-bond acceptors (Lipinski definition) is 6. The van der Waals surface area contributed by atoms with Crippen LogP contribution in [0, 0.1) is 0 Å². The maximum absolute atomic E-state index is 12.4. The summed E-state index contributed by atoms with van der Waals surface area (Å²) in [5, 5.41) is 6.43. The zero-order chi connectivity index (χ0) is 22.7. The van der Waals surface area contributed by atoms with E-state index in [1.54, 1.807) is 4.90 Å². The van der Waals surface area contributed by atoms with Crippen LogP contribution in [0.3, 0.4) is 0 Å². The first-order valence-corrected chi connectivity index (χ1v) is 11.5. The molecule has 32 heavy (non-hydrogen) atoms. The molecule has 0 radical (unpaired) electrons. The molecule has 0 spiro atoms. The molecule has 0 aliphatic carbocycles. The number of ether oxygens (including phenoxy) is 1. The summed E-state index contributed by atoms with van der Waals surface area (Å²) in [4.78, 5) is 35.3. The van der Waals surface area contributed by atoms with Crippen molar-refractivity contribution in [2.24, 2.45) is 4.99 Å². The van der Waals surface area contributed by atoms with E-state index >= 15 is 0 Å². The Morgan fingerprint density at radius 1 is 1.12 bits per heavy atom. The lowest BCUT2D eigenvalue weighted by molar-refractivity contribution is 0.0137. The number of amides is 3. The number of nitrogens with one attached hydrogen (secondary N) is 2. The Balaban J connectivity index is 1.27. The average Bonchev–Trinajstić information content (AvgIpc) is 3.41. The molecule has 1 atom stereocenters. The lowest BCUT2D eigenvalue weighted by Gasteiger charge is -2.39. The number of piperazine rings is 1. The summed E-state index contributed by atoms with van der Waals surface area (Å²) in [6.45, 7) is 10.5. The van der Waals surface area contributed by atoms with Gasteiger partial charge >= 0.3 is 12.1 Å². The van der Waals surface area contributed by atoms with E-state index in [-0.39, 0.29) is 18.2 Å². The average molecular weight is 443 g/mol. The highest BCUT2D eigenvalue weighted by atomic mass is 16.6. The number of fused-ring (bicyclic) bond motifs is 1. The second-order valence-electron chi connectivity index (χ2n) is 9.62. The van der Waals surface area contributed by atoms with Crippen LogP contribution in [0.5, 0.6) is 0 Å². The molecule has 3 amide bonds. The maximum Gasteiger partial charge on any atom is 0.410 e. The topological polar surface area (TPSA) is 89.5 Å². The predicted molar refractivity (Wildman–Crippen MR) is 124 cm³/mol. The minimum absolute atomic E-state index is 0.0292. The van der Waals surface area contributed by atoms with Gasteiger partial charge in [0.1, 0.15) is 5.60 Å². The summed E-state index contributed by atoms with van der Waals surface area (Å²) in [7, 11) is 0. The molecule has 0 saturated carbocycles. The van der Waals surface area contributed by atoms with Gasteiger partial charge in [-0.05, 0) is 51.3 Å². The maximum atomic E-state index is 12.4. The summed E-state index contributed by atoms with van der Waals surface area (Å²) >= 11 is 0. The van der Waals surface area contributed by atoms with E-state index in [1.165, 1.54) is 0 Å². The monoisotopic (exact) mass is 442 g/mol. The number of aliphatic imine (C=N–C) groups is 1. The third kappa shape index (κ3) is 5.44. The molecular formula is C23H34N6O3. The van der Waals surface area contributed by atoms with E-state index in [4.69, 9.17) is 4.74 Å². The second kappa shape index (κ2) is 9.26. The Hall–Kier alpha value is -2.97. The van der Waals surface area contributed by atoms with E-state index in [1.807, 2.05) is 49.9 Å². The molecule has 3 heterocycles. The molecule has 2 saturated heterocycles. The Morgan fingerprint density at radius 3 is 2.66 bits per heavy atom. The first-order valence-electron chi connectivity index (χ1n) is 11.5. The molecule has 1 aromatic carbocycles. The van der Waals surface area contributed by atoms with Crippen LogP contribution in [-0.2, 0) is 11.3 Å². The highest BCUT2D eigenvalue weighted by Crippen LogP contribution is 2.19. The summed E-state index contributed by atoms with van der Waals surface area (Å²) in [5.41, 5.74) is 1.39. The fourth-order valence-corrected chi connectivity index (χ4v) is 4.29. The van der Waals surface area contributed by atoms with Gasteiger partial charge in [-0.1, -0.05) is 12.1 Å². The van der Waals surface area contributed by atoms with Crippen LogP contribution >= 0.6 is 0 Å². The highest BCUT2D eigenvalue weighted by Gasteiger charge is 2.36. The normalized spacial score (nSPS) is 20.7. The van der Waals surface area contributed by atoms with Crippen molar-refractivity contribution in [1.82, 2.24) is 20.0 Å². The van der Waals surface area contributed by atoms with Gasteiger partial charge in [0.2, 0.25) is 0 Å². The number of carbonyl (C=O) groups excluding carboxylic acids is 2. The van der Waals surface area contributed by atoms with Gasteiger partial charge in [0.05, 0.1) is 12.6 Å². The van der Waals surface area contributed by atoms with E-state index in [9.17, 15) is 9.59 Å². The van der Waals surface area contributed by atoms with Crippen molar-refractivity contribution in [3.8, 4) is 0 Å². The Kier molecular flexibility index (Phi) is 6.43. The molecule has 1 unspecified atom stereocenters. The molecular weight excluding hydrogens is 408 g/mol. The number of carbonyl (C=O) groups is 2. The number of nitrogens with zero attached hydrogens (tertiary/aromatic N) is 4. The van der Waals surface area contributed by atoms with Gasteiger partial charge in [-0.3, -0.25) is 4.99 Å². The third-order valence-corrected chi connectivity index (χ3v) is 5.88. The quantitative estimate of drug-likeness (QED) is 0.751. The molecule has 3 aliphatic heterocycles. The smallest absolute Gasteiger partial charge is 0.410 e. The summed E-state index contributed by atoms with van der Waals surface area (Å²) in [6.07, 6.45) is 1.89. The first kappa shape index (κ1) is 22.2. The van der Waals surface area contributed by atoms with Crippen molar-refractivity contribution in [1.29, 1.82) is 0 Å². The van der Waals surface area contributed by atoms with E-state index < -0.39 is 5.60 Å². The number of benzene rings is 1. The van der Waals surface area contributed by atoms with E-state index in [0.29, 0.717) is 26.2 Å². The number of likely N-dealkylation sites (tertiary alicyclic amines) is 1. The predicted octanol–water partition coefficient (Wildman–Crippen LogP) is 2.69. The first-order chi connectivity index (χ1) is 15.3. The van der Waals surface area contributed by atoms with Gasteiger partial charge in [-0.15, -0.1) is 0 Å². The van der Waals surface area contributed by atoms with Crippen LogP contribution in [0.4, 0.5) is 15.3 Å². The largest absolute Gasteiger partial charge is 0.444 e. The molecule has 0 bridgehead atoms. The fourth-order valence-electron chi connectivity index (χ4n) is 4.29. The molecule has 9 heteroatoms. The minimum atomic E-state index is -0.490. The third-order valence-electron chi connectivity index (χ3n) is 5.88. The van der Waals surface area contributed by atoms with Crippen molar-refractivity contribution in [3.63, 3.8) is 0 Å². The molecule has 1 aromatic rings. The van der Waals surface area contributed by atoms with Crippen molar-refractivity contribution >= 4 is 23.8 Å². The Morgan fingerprint density at radius 2 is 1.91 bits per heavy atom. The minimum Gasteiger partial charge on any atom is -0.444 e. The van der Waals surface area contributed by atoms with Crippen LogP contribution in [-0.4, -0.2) is 83.7 Å². The molecule has 4 rings (SSSR count). The van der Waals surface area contributed by atoms with Gasteiger partial charge in [0.25, 0.3) is 0 Å². The molecule has 174 valence electrons. The number of guanidine groups is 1. The van der Waals surface area contributed by atoms with E-state index in [2.05, 4.69) is 20.5 Å². The molecule has 2 fully saturated rings. The van der Waals surface area contributed by atoms with Crippen LogP contribution in [0.2, 0.25) is 0 Å². The van der Waals surface area contributed by atoms with Gasteiger partial charge in [0.15, 0.2) is 5.96 Å². The van der Waals surface area contributed by atoms with Crippen LogP contribution in [0.1, 0.15) is 39.2 Å². The SMILES string of the molecule is CC(C)(C)OC(=O)N1CCN2C(NCc3cccc(NC(=O)N4CCCC4)c3)=NCC2C1. The summed E-state index contributed by atoms with van der Waals surface area (Å²) in [5.74, 6) is 0.866. The number of anilines is 1. The number of rotatable bonds is 3. The van der Waals surface area contributed by atoms with Crippen molar-refractivity contribution in [2.75, 3.05) is 44.6 Å². The number of urea groups is 1. The second-order valence-corrected chi connectivity index (χ2v) is 9.62. The highest BCUT2D eigenvalue weighted by molar-refractivity contribution is 5.89. The summed E-state index contributed by atoms with van der Waals surface area (Å²) < 4.78 is 5.51. The molecule has 9 nitrogen and oxygen atoms in total. The Bertz CT molecular complexity index is 875. The number of hydrogen-bond donors (Lipinski definition) is 2. The lowest BCUT2D eigenvalue weighted by atomic mass is 10.2. The zero-order valence-corrected chi connectivity index (χ0v) is 19.3. The van der Waals surface area contributed by atoms with Gasteiger partial charge in [-0.25, -0.2) is 9.59 Å². The molecule has 0 aromatic heterocycles. The fraction of sp³-hybridized carbons (Fsp3) is 0.609. The van der Waals surface area contributed by atoms with Crippen molar-refractivity contribution in [2.45, 2.75) is 51.8 Å². The Labute approximate surface area is 189 Å². The summed E-state index contributed by atoms with van der Waals surface area (Å²) in [6, 6.07) is 8.04. The van der Waals surface area contributed by atoms with Crippen LogP contribution in [0.15, 0.2) is 29.3 Å². The molecule has 2 N–H and O–H groups in total. The van der Waals surface area contributed by atoms with Gasteiger partial charge in [0, 0.05) is 45.0 Å². The standard InChI is InChI=1S/C23H34N6O3/c1-23(2,3)32-22(31)28-11-12-29-19(16-28)15-25-20(29)24-14-17-7-6-8-18(13-17)26-21(30)27-9-4-5-10-27/h6-8,13,19H,4-5,9-12,14-16H2,1-3H3,(H,24,25)(H,26,30). The molecule has 3 aliphatic rings. The lowest BCUT2D eigenvalue weighted by Crippen LogP contribution is -2.57. The van der Waals surface area contributed by atoms with Gasteiger partial charge in [-0.2, -0.15) is 0 Å². The van der Waals surface area contributed by atoms with Gasteiger partial charge < -0.3 is 30.1 Å². The van der Waals surface area contributed by atoms with Crippen LogP contribution in [0.25, 0.3) is 0 Å². The zero-order valence-electron chi connectivity index (χ0n) is 19.3. The van der Waals surface area contributed by atoms with Crippen molar-refractivity contribution < 1.29 is 14.3 Å².